The molecule has 28 heavy (non-hydrogen) atoms. The number of likely N-dealkylation sites (tertiary alicyclic amines) is 1. The van der Waals surface area contributed by atoms with Gasteiger partial charge >= 0.3 is 6.18 Å². The van der Waals surface area contributed by atoms with Crippen molar-refractivity contribution in [3.8, 4) is 0 Å². The standard InChI is InChI=1S/C21H20F3N3O/c22-21(23,24)16-3-1-14(2-4-16)12-27-10-8-18(13-27)26-17-5-6-19-15(11-17)7-9-25-20(19)28/h1-7,9,11,18,26H,8,10,12-13H2,(H,25,28)/t18-/m0/s1. The Morgan fingerprint density at radius 2 is 1.89 bits per heavy atom. The first-order valence-electron chi connectivity index (χ1n) is 9.15. The highest BCUT2D eigenvalue weighted by Crippen LogP contribution is 2.29. The number of pyridine rings is 1. The lowest BCUT2D eigenvalue weighted by atomic mass is 10.1. The van der Waals surface area contributed by atoms with Gasteiger partial charge in [0.1, 0.15) is 0 Å². The summed E-state index contributed by atoms with van der Waals surface area (Å²) in [6, 6.07) is 13.2. The van der Waals surface area contributed by atoms with Crippen LogP contribution >= 0.6 is 0 Å². The minimum absolute atomic E-state index is 0.104. The topological polar surface area (TPSA) is 48.1 Å². The number of alkyl halides is 3. The maximum absolute atomic E-state index is 12.7. The summed E-state index contributed by atoms with van der Waals surface area (Å²) in [5, 5.41) is 5.03. The van der Waals surface area contributed by atoms with Crippen LogP contribution in [-0.4, -0.2) is 29.0 Å². The molecule has 1 aromatic heterocycles. The number of halogens is 3. The van der Waals surface area contributed by atoms with Crippen molar-refractivity contribution in [2.75, 3.05) is 18.4 Å². The molecule has 2 N–H and O–H groups in total. The van der Waals surface area contributed by atoms with Crippen molar-refractivity contribution in [3.05, 3.63) is 76.2 Å². The summed E-state index contributed by atoms with van der Waals surface area (Å²) in [5.74, 6) is 0. The quantitative estimate of drug-likeness (QED) is 0.704. The molecule has 2 aromatic carbocycles. The van der Waals surface area contributed by atoms with Crippen LogP contribution in [0.15, 0.2) is 59.5 Å². The lowest BCUT2D eigenvalue weighted by Crippen LogP contribution is -2.26. The molecular formula is C21H20F3N3O. The van der Waals surface area contributed by atoms with Gasteiger partial charge in [-0.1, -0.05) is 12.1 Å². The maximum atomic E-state index is 12.7. The van der Waals surface area contributed by atoms with Gasteiger partial charge in [-0.05, 0) is 53.8 Å². The van der Waals surface area contributed by atoms with E-state index < -0.39 is 11.7 Å². The van der Waals surface area contributed by atoms with Crippen LogP contribution in [0.3, 0.4) is 0 Å². The van der Waals surface area contributed by atoms with Gasteiger partial charge < -0.3 is 10.3 Å². The molecule has 0 aliphatic carbocycles. The fourth-order valence-electron chi connectivity index (χ4n) is 3.67. The number of aromatic nitrogens is 1. The van der Waals surface area contributed by atoms with Gasteiger partial charge in [0.05, 0.1) is 5.56 Å². The molecule has 4 nitrogen and oxygen atoms in total. The first-order valence-corrected chi connectivity index (χ1v) is 9.15. The van der Waals surface area contributed by atoms with Crippen LogP contribution in [0.25, 0.3) is 10.8 Å². The fraction of sp³-hybridized carbons (Fsp3) is 0.286. The first kappa shape index (κ1) is 18.6. The van der Waals surface area contributed by atoms with Gasteiger partial charge in [0.25, 0.3) is 5.56 Å². The van der Waals surface area contributed by atoms with Gasteiger partial charge in [0, 0.05) is 42.9 Å². The minimum Gasteiger partial charge on any atom is -0.381 e. The summed E-state index contributed by atoms with van der Waals surface area (Å²) < 4.78 is 38.0. The van der Waals surface area contributed by atoms with Crippen molar-refractivity contribution in [1.29, 1.82) is 0 Å². The van der Waals surface area contributed by atoms with Crippen molar-refractivity contribution in [2.45, 2.75) is 25.2 Å². The van der Waals surface area contributed by atoms with Gasteiger partial charge in [-0.25, -0.2) is 0 Å². The average Bonchev–Trinajstić information content (AvgIpc) is 3.08. The molecule has 2 heterocycles. The van der Waals surface area contributed by atoms with E-state index in [0.717, 1.165) is 48.3 Å². The van der Waals surface area contributed by atoms with E-state index in [9.17, 15) is 18.0 Å². The molecule has 0 radical (unpaired) electrons. The monoisotopic (exact) mass is 387 g/mol. The number of H-pyrrole nitrogens is 1. The van der Waals surface area contributed by atoms with Crippen LogP contribution in [-0.2, 0) is 12.7 Å². The number of rotatable bonds is 4. The summed E-state index contributed by atoms with van der Waals surface area (Å²) in [7, 11) is 0. The van der Waals surface area contributed by atoms with Crippen molar-refractivity contribution >= 4 is 16.5 Å². The molecule has 1 aliphatic heterocycles. The highest BCUT2D eigenvalue weighted by molar-refractivity contribution is 5.84. The molecule has 1 atom stereocenters. The largest absolute Gasteiger partial charge is 0.416 e. The SMILES string of the molecule is O=c1[nH]ccc2cc(N[C@H]3CCN(Cc4ccc(C(F)(F)F)cc4)C3)ccc12. The molecule has 0 saturated carbocycles. The van der Waals surface area contributed by atoms with Crippen LogP contribution in [0.4, 0.5) is 18.9 Å². The van der Waals surface area contributed by atoms with Crippen LogP contribution in [0.1, 0.15) is 17.5 Å². The molecule has 1 saturated heterocycles. The van der Waals surface area contributed by atoms with E-state index in [0.29, 0.717) is 11.9 Å². The lowest BCUT2D eigenvalue weighted by molar-refractivity contribution is -0.137. The molecule has 146 valence electrons. The Morgan fingerprint density at radius 1 is 1.11 bits per heavy atom. The van der Waals surface area contributed by atoms with Gasteiger partial charge in [0.2, 0.25) is 0 Å². The number of hydrogen-bond acceptors (Lipinski definition) is 3. The number of hydrogen-bond donors (Lipinski definition) is 2. The Bertz CT molecular complexity index is 1030. The Morgan fingerprint density at radius 3 is 2.64 bits per heavy atom. The molecular weight excluding hydrogens is 367 g/mol. The summed E-state index contributed by atoms with van der Waals surface area (Å²) >= 11 is 0. The summed E-state index contributed by atoms with van der Waals surface area (Å²) in [6.07, 6.45) is -1.71. The van der Waals surface area contributed by atoms with Gasteiger partial charge in [0.15, 0.2) is 0 Å². The van der Waals surface area contributed by atoms with Crippen molar-refractivity contribution in [2.24, 2.45) is 0 Å². The third kappa shape index (κ3) is 4.04. The second-order valence-electron chi connectivity index (χ2n) is 7.17. The van der Waals surface area contributed by atoms with E-state index in [4.69, 9.17) is 0 Å². The van der Waals surface area contributed by atoms with Crippen LogP contribution in [0.5, 0.6) is 0 Å². The molecule has 0 bridgehead atoms. The van der Waals surface area contributed by atoms with Gasteiger partial charge in [-0.15, -0.1) is 0 Å². The average molecular weight is 387 g/mol. The number of anilines is 1. The van der Waals surface area contributed by atoms with Crippen LogP contribution in [0, 0.1) is 0 Å². The minimum atomic E-state index is -4.30. The Balaban J connectivity index is 1.37. The maximum Gasteiger partial charge on any atom is 0.416 e. The predicted octanol–water partition coefficient (Wildman–Crippen LogP) is 4.23. The van der Waals surface area contributed by atoms with Crippen molar-refractivity contribution in [1.82, 2.24) is 9.88 Å². The van der Waals surface area contributed by atoms with Gasteiger partial charge in [-0.3, -0.25) is 9.69 Å². The number of nitrogens with zero attached hydrogens (tertiary/aromatic N) is 1. The molecule has 0 spiro atoms. The van der Waals surface area contributed by atoms with E-state index in [1.54, 1.807) is 18.3 Å². The van der Waals surface area contributed by atoms with Crippen molar-refractivity contribution < 1.29 is 13.2 Å². The number of fused-ring (bicyclic) bond motifs is 1. The highest BCUT2D eigenvalue weighted by atomic mass is 19.4. The third-order valence-electron chi connectivity index (χ3n) is 5.10. The number of aromatic amines is 1. The zero-order chi connectivity index (χ0) is 19.7. The van der Waals surface area contributed by atoms with Crippen molar-refractivity contribution in [3.63, 3.8) is 0 Å². The van der Waals surface area contributed by atoms with E-state index in [2.05, 4.69) is 15.2 Å². The second-order valence-corrected chi connectivity index (χ2v) is 7.17. The van der Waals surface area contributed by atoms with E-state index in [-0.39, 0.29) is 11.6 Å². The predicted molar refractivity (Wildman–Crippen MR) is 103 cm³/mol. The summed E-state index contributed by atoms with van der Waals surface area (Å²) in [6.45, 7) is 2.32. The highest BCUT2D eigenvalue weighted by Gasteiger charge is 2.30. The number of nitrogens with one attached hydrogen (secondary N) is 2. The Kier molecular flexibility index (Phi) is 4.85. The zero-order valence-electron chi connectivity index (χ0n) is 15.1. The van der Waals surface area contributed by atoms with E-state index in [1.165, 1.54) is 0 Å². The lowest BCUT2D eigenvalue weighted by Gasteiger charge is -2.18. The van der Waals surface area contributed by atoms with E-state index >= 15 is 0 Å². The molecule has 0 amide bonds. The second kappa shape index (κ2) is 7.31. The smallest absolute Gasteiger partial charge is 0.381 e. The Labute approximate surface area is 160 Å². The third-order valence-corrected chi connectivity index (χ3v) is 5.10. The van der Waals surface area contributed by atoms with E-state index in [1.807, 2.05) is 24.3 Å². The van der Waals surface area contributed by atoms with Gasteiger partial charge in [-0.2, -0.15) is 13.2 Å². The molecule has 0 unspecified atom stereocenters. The molecule has 1 aliphatic rings. The molecule has 3 aromatic rings. The molecule has 1 fully saturated rings. The molecule has 4 rings (SSSR count). The first-order chi connectivity index (χ1) is 13.4. The zero-order valence-corrected chi connectivity index (χ0v) is 15.1. The summed E-state index contributed by atoms with van der Waals surface area (Å²) in [5.41, 5.74) is 1.11. The number of benzene rings is 2. The Hall–Kier alpha value is -2.80. The van der Waals surface area contributed by atoms with Crippen LogP contribution in [0.2, 0.25) is 0 Å². The normalized spacial score (nSPS) is 17.9. The molecule has 7 heteroatoms. The summed E-state index contributed by atoms with van der Waals surface area (Å²) in [4.78, 5) is 16.7. The fourth-order valence-corrected chi connectivity index (χ4v) is 3.67. The van der Waals surface area contributed by atoms with Crippen LogP contribution < -0.4 is 10.9 Å².